The molecule has 2 aliphatic rings. The molecule has 4 nitrogen and oxygen atoms in total. The fraction of sp³-hybridized carbons (Fsp3) is 0.235. The standard InChI is InChI=1S/C102H99BN4/c1-97(2,3)68-37-27-33-64(55-68)75-45-31-46-76(65-34-28-38-69(56-65)98(4,5)6)95(75)106-89-62-73(104-85-49-23-19-41-79(85)80-42-20-24-50-86(80)104)53-54-84(89)103-93-83(102(16,17)18)61-74(105-87-51-25-21-43-81(87)82-44-22-26-52-88(82)105)63-92(93)107(91-60-72(101(13,14)15)59-90(106)94(91)103)96-77(66-35-29-39-70(57-66)99(7,8)9)47-32-48-78(96)67-36-30-40-71(58-67)100(10,11)12/h19-63H,1-18H3/i19D,20D,21D,22D,23D,24D,25D,26D,41D,42D,43D,44D,49D,50D,51D,52D,53D,54D,61D,62D,63D. The largest absolute Gasteiger partial charge is 0.310 e. The van der Waals surface area contributed by atoms with Gasteiger partial charge in [0, 0.05) is 77.9 Å². The summed E-state index contributed by atoms with van der Waals surface area (Å²) in [7, 11) is 0. The fourth-order valence-electron chi connectivity index (χ4n) is 15.8. The van der Waals surface area contributed by atoms with Gasteiger partial charge in [0.25, 0.3) is 6.71 Å². The highest BCUT2D eigenvalue weighted by Crippen LogP contribution is 2.56. The molecule has 0 saturated carbocycles. The van der Waals surface area contributed by atoms with Crippen molar-refractivity contribution in [2.24, 2.45) is 0 Å². The van der Waals surface area contributed by atoms with Crippen LogP contribution < -0.4 is 26.2 Å². The summed E-state index contributed by atoms with van der Waals surface area (Å²) in [4.78, 5) is 4.05. The molecule has 2 aliphatic heterocycles. The second-order valence-corrected chi connectivity index (χ2v) is 35.0. The van der Waals surface area contributed by atoms with Crippen LogP contribution >= 0.6 is 0 Å². The average molecular weight is 1410 g/mol. The van der Waals surface area contributed by atoms with Crippen molar-refractivity contribution in [1.82, 2.24) is 9.13 Å². The Balaban J connectivity index is 1.20. The molecule has 0 bridgehead atoms. The number of hydrogen-bond acceptors (Lipinski definition) is 2. The van der Waals surface area contributed by atoms with Crippen molar-refractivity contribution in [3.63, 3.8) is 0 Å². The number of benzene rings is 13. The van der Waals surface area contributed by atoms with E-state index in [1.54, 1.807) is 0 Å². The van der Waals surface area contributed by atoms with Crippen molar-refractivity contribution in [3.8, 4) is 55.9 Å². The van der Waals surface area contributed by atoms with E-state index in [-0.39, 0.29) is 66.1 Å². The van der Waals surface area contributed by atoms with Crippen molar-refractivity contribution in [2.75, 3.05) is 9.80 Å². The van der Waals surface area contributed by atoms with E-state index < -0.39 is 183 Å². The Kier molecular flexibility index (Phi) is 11.4. The number of para-hydroxylation sites is 6. The summed E-state index contributed by atoms with van der Waals surface area (Å²) < 4.78 is 215. The highest BCUT2D eigenvalue weighted by molar-refractivity contribution is 7.00. The quantitative estimate of drug-likeness (QED) is 0.141. The summed E-state index contributed by atoms with van der Waals surface area (Å²) in [6, 6.07) is 35.5. The van der Waals surface area contributed by atoms with Gasteiger partial charge in [0.1, 0.15) is 0 Å². The molecule has 5 heteroatoms. The van der Waals surface area contributed by atoms with Crippen LogP contribution in [0.15, 0.2) is 272 Å². The molecule has 0 N–H and O–H groups in total. The van der Waals surface area contributed by atoms with E-state index in [0.29, 0.717) is 56.0 Å². The lowest BCUT2D eigenvalue weighted by atomic mass is 9.32. The molecule has 0 fully saturated rings. The van der Waals surface area contributed by atoms with Gasteiger partial charge in [-0.25, -0.2) is 0 Å². The predicted molar refractivity (Wildman–Crippen MR) is 463 cm³/mol. The molecule has 107 heavy (non-hydrogen) atoms. The van der Waals surface area contributed by atoms with Crippen LogP contribution in [0.25, 0.3) is 99.5 Å². The molecule has 17 rings (SSSR count). The average Bonchev–Trinajstić information content (AvgIpc) is 0.934. The van der Waals surface area contributed by atoms with Crippen molar-refractivity contribution >= 4 is 101 Å². The molecule has 530 valence electrons. The molecule has 13 aromatic carbocycles. The van der Waals surface area contributed by atoms with Crippen molar-refractivity contribution < 1.29 is 28.8 Å². The molecule has 0 unspecified atom stereocenters. The van der Waals surface area contributed by atoms with E-state index >= 15 is 0 Å². The van der Waals surface area contributed by atoms with Crippen LogP contribution in [0.3, 0.4) is 0 Å². The maximum Gasteiger partial charge on any atom is 0.252 e. The van der Waals surface area contributed by atoms with E-state index in [4.69, 9.17) is 0 Å². The zero-order valence-electron chi connectivity index (χ0n) is 85.2. The molecular weight excluding hydrogens is 1290 g/mol. The zero-order valence-corrected chi connectivity index (χ0v) is 64.2. The number of aromatic nitrogens is 2. The van der Waals surface area contributed by atoms with Gasteiger partial charge >= 0.3 is 0 Å². The number of nitrogens with zero attached hydrogens (tertiary/aromatic N) is 4. The van der Waals surface area contributed by atoms with Gasteiger partial charge in [0.15, 0.2) is 0 Å². The first kappa shape index (κ1) is 49.1. The smallest absolute Gasteiger partial charge is 0.252 e. The van der Waals surface area contributed by atoms with Crippen molar-refractivity contribution in [2.45, 2.75) is 157 Å². The molecule has 15 aromatic rings. The Hall–Kier alpha value is -10.9. The monoisotopic (exact) mass is 1410 g/mol. The van der Waals surface area contributed by atoms with Gasteiger partial charge in [0.2, 0.25) is 0 Å². The molecule has 0 radical (unpaired) electrons. The SMILES string of the molecule is [2H]c1c([2H])c(-n2c3c([2H])c([2H])c([2H])c([2H])c3c3c([2H])c([2H])c([2H])c([2H])c32)c([2H])c2c1B1c3c(cc(C(C)(C)C)cc3N(c3c(-c4cccc(C(C)(C)C)c4)cccc3-c3cccc(C(C)(C)C)c3)c3c([2H])c(-n4c5c([2H])c([2H])c([2H])c([2H])c5c5c([2H])c([2H])c([2H])c([2H])c54)c([2H])c(C(C)(C)C)c31)N2c1c(-c2cccc(C(C)(C)C)c2)cccc1-c1cccc(C(C)(C)C)c1. The van der Waals surface area contributed by atoms with Gasteiger partial charge < -0.3 is 18.9 Å². The fourth-order valence-corrected chi connectivity index (χ4v) is 15.8. The maximum absolute atomic E-state index is 12.1. The Bertz CT molecular complexity index is 7100. The summed E-state index contributed by atoms with van der Waals surface area (Å²) in [5, 5.41) is -1.22. The lowest BCUT2D eigenvalue weighted by Gasteiger charge is -2.48. The Morgan fingerprint density at radius 2 is 0.598 bits per heavy atom. The zero-order chi connectivity index (χ0) is 93.0. The number of hydrogen-bond donors (Lipinski definition) is 0. The van der Waals surface area contributed by atoms with Crippen LogP contribution in [0.1, 0.15) is 187 Å². The lowest BCUT2D eigenvalue weighted by molar-refractivity contribution is 0.590. The van der Waals surface area contributed by atoms with E-state index in [1.807, 2.05) is 111 Å². The maximum atomic E-state index is 12.1. The molecule has 0 aliphatic carbocycles. The van der Waals surface area contributed by atoms with Gasteiger partial charge in [-0.1, -0.05) is 337 Å². The van der Waals surface area contributed by atoms with Gasteiger partial charge in [-0.3, -0.25) is 0 Å². The predicted octanol–water partition coefficient (Wildman–Crippen LogP) is 26.4. The highest BCUT2D eigenvalue weighted by atomic mass is 15.2. The van der Waals surface area contributed by atoms with Gasteiger partial charge in [-0.15, -0.1) is 0 Å². The van der Waals surface area contributed by atoms with E-state index in [2.05, 4.69) is 169 Å². The topological polar surface area (TPSA) is 16.3 Å². The summed E-state index contributed by atoms with van der Waals surface area (Å²) in [5.41, 5.74) is 6.37. The van der Waals surface area contributed by atoms with Crippen LogP contribution in [0.4, 0.5) is 34.1 Å². The number of fused-ring (bicyclic) bond motifs is 10. The molecular formula is C102H99BN4. The van der Waals surface area contributed by atoms with E-state index in [1.165, 1.54) is 4.57 Å². The van der Waals surface area contributed by atoms with Crippen LogP contribution in [-0.4, -0.2) is 15.8 Å². The van der Waals surface area contributed by atoms with Gasteiger partial charge in [0.05, 0.1) is 62.2 Å². The summed E-state index contributed by atoms with van der Waals surface area (Å²) >= 11 is 0. The van der Waals surface area contributed by atoms with Crippen LogP contribution in [0.5, 0.6) is 0 Å². The van der Waals surface area contributed by atoms with E-state index in [9.17, 15) is 28.8 Å². The third kappa shape index (κ3) is 11.6. The molecule has 2 aromatic heterocycles. The second kappa shape index (κ2) is 24.9. The van der Waals surface area contributed by atoms with Crippen molar-refractivity contribution in [3.05, 3.63) is 306 Å². The number of anilines is 6. The molecule has 4 heterocycles. The molecule has 0 spiro atoms. The minimum Gasteiger partial charge on any atom is -0.310 e. The molecule has 0 saturated heterocycles. The number of rotatable bonds is 8. The first-order chi connectivity index (χ1) is 59.7. The summed E-state index contributed by atoms with van der Waals surface area (Å²) in [6.07, 6.45) is 0. The Labute approximate surface area is 664 Å². The third-order valence-electron chi connectivity index (χ3n) is 21.5. The van der Waals surface area contributed by atoms with Crippen LogP contribution in [-0.2, 0) is 32.5 Å². The van der Waals surface area contributed by atoms with Gasteiger partial charge in [-0.2, -0.15) is 0 Å². The first-order valence-corrected chi connectivity index (χ1v) is 37.0. The highest BCUT2D eigenvalue weighted by Gasteiger charge is 2.48. The third-order valence-corrected chi connectivity index (χ3v) is 21.5. The minimum absolute atomic E-state index is 0.0273. The second-order valence-electron chi connectivity index (χ2n) is 35.0. The lowest BCUT2D eigenvalue weighted by Crippen LogP contribution is -2.63. The summed E-state index contributed by atoms with van der Waals surface area (Å²) in [6.45, 7) is 36.0. The normalized spacial score (nSPS) is 16.2. The molecule has 0 amide bonds. The summed E-state index contributed by atoms with van der Waals surface area (Å²) in [5.74, 6) is 0. The van der Waals surface area contributed by atoms with E-state index in [0.717, 1.165) is 49.1 Å². The van der Waals surface area contributed by atoms with Crippen LogP contribution in [0.2, 0.25) is 0 Å². The Morgan fingerprint density at radius 1 is 0.280 bits per heavy atom. The molecule has 0 atom stereocenters. The van der Waals surface area contributed by atoms with Gasteiger partial charge in [-0.05, 0) is 165 Å². The minimum atomic E-state index is -1.49. The Morgan fingerprint density at radius 3 is 0.944 bits per heavy atom. The first-order valence-electron chi connectivity index (χ1n) is 47.5. The van der Waals surface area contributed by atoms with Crippen molar-refractivity contribution in [1.29, 1.82) is 0 Å². The van der Waals surface area contributed by atoms with Crippen LogP contribution in [0, 0.1) is 0 Å².